The molecule has 5 atom stereocenters. The van der Waals surface area contributed by atoms with Crippen LogP contribution < -0.4 is 0 Å². The summed E-state index contributed by atoms with van der Waals surface area (Å²) in [5.41, 5.74) is 2.30. The molecule has 0 radical (unpaired) electrons. The van der Waals surface area contributed by atoms with Crippen molar-refractivity contribution in [2.24, 2.45) is 5.41 Å². The summed E-state index contributed by atoms with van der Waals surface area (Å²) >= 11 is 0. The molecule has 0 unspecified atom stereocenters. The van der Waals surface area contributed by atoms with Gasteiger partial charge in [-0.3, -0.25) is 4.79 Å². The van der Waals surface area contributed by atoms with Crippen molar-refractivity contribution >= 4 is 14.3 Å². The summed E-state index contributed by atoms with van der Waals surface area (Å²) < 4.78 is 32.1. The minimum absolute atomic E-state index is 0.239. The predicted molar refractivity (Wildman–Crippen MR) is 167 cm³/mol. The first-order chi connectivity index (χ1) is 19.8. The molecule has 0 saturated carbocycles. The van der Waals surface area contributed by atoms with E-state index in [1.165, 1.54) is 0 Å². The van der Waals surface area contributed by atoms with E-state index in [0.29, 0.717) is 23.2 Å². The summed E-state index contributed by atoms with van der Waals surface area (Å²) in [6, 6.07) is 19.7. The van der Waals surface area contributed by atoms with Crippen LogP contribution in [0.25, 0.3) is 0 Å². The SMILES string of the molecule is CC(C)[Si](OC[C@H]1O[C@@H](O)[C@H](OC(=O)C(C)(C)C)[C@@H](OCc2ccccc2)[C@@H]1OCc1ccccc1)(C(C)C)C(C)C. The fourth-order valence-electron chi connectivity index (χ4n) is 6.11. The standard InChI is InChI=1S/C34H52O7Si/c1-23(2)42(24(3)4,25(5)6)39-22-28-29(37-20-26-16-12-10-13-17-26)30(38-21-27-18-14-11-15-19-27)31(32(35)40-28)41-33(36)34(7,8)9/h10-19,23-25,28-32,35H,20-22H2,1-9H3/t28-,29-,30+,31-,32-/m1/s1. The van der Waals surface area contributed by atoms with Gasteiger partial charge in [0, 0.05) is 0 Å². The highest BCUT2D eigenvalue weighted by Gasteiger charge is 2.52. The molecular formula is C34H52O7Si. The lowest BCUT2D eigenvalue weighted by atomic mass is 9.95. The first-order valence-electron chi connectivity index (χ1n) is 15.3. The molecule has 1 fully saturated rings. The third kappa shape index (κ3) is 8.52. The Morgan fingerprint density at radius 1 is 0.786 bits per heavy atom. The summed E-state index contributed by atoms with van der Waals surface area (Å²) in [6.45, 7) is 19.5. The molecule has 7 nitrogen and oxygen atoms in total. The molecule has 234 valence electrons. The summed E-state index contributed by atoms with van der Waals surface area (Å²) in [5.74, 6) is -0.453. The summed E-state index contributed by atoms with van der Waals surface area (Å²) in [4.78, 5) is 13.0. The average molecular weight is 601 g/mol. The van der Waals surface area contributed by atoms with Crippen LogP contribution in [0.15, 0.2) is 60.7 Å². The van der Waals surface area contributed by atoms with E-state index in [-0.39, 0.29) is 13.2 Å². The smallest absolute Gasteiger partial charge is 0.311 e. The quantitative estimate of drug-likeness (QED) is 0.195. The lowest BCUT2D eigenvalue weighted by molar-refractivity contribution is -0.308. The van der Waals surface area contributed by atoms with Crippen molar-refractivity contribution in [2.75, 3.05) is 6.61 Å². The third-order valence-corrected chi connectivity index (χ3v) is 14.3. The number of esters is 1. The van der Waals surface area contributed by atoms with Crippen molar-refractivity contribution < 1.29 is 33.3 Å². The second kappa shape index (κ2) is 15.1. The van der Waals surface area contributed by atoms with E-state index in [0.717, 1.165) is 11.1 Å². The van der Waals surface area contributed by atoms with Gasteiger partial charge in [0.15, 0.2) is 20.7 Å². The Balaban J connectivity index is 1.98. The van der Waals surface area contributed by atoms with Crippen LogP contribution in [0.1, 0.15) is 73.4 Å². The van der Waals surface area contributed by atoms with Crippen molar-refractivity contribution in [3.8, 4) is 0 Å². The first kappa shape index (κ1) is 34.4. The third-order valence-electron chi connectivity index (χ3n) is 8.24. The van der Waals surface area contributed by atoms with Crippen LogP contribution in [0, 0.1) is 5.41 Å². The molecule has 1 N–H and O–H groups in total. The average Bonchev–Trinajstić information content (AvgIpc) is 2.93. The Bertz CT molecular complexity index is 1060. The molecule has 2 aromatic carbocycles. The Hall–Kier alpha value is -2.07. The van der Waals surface area contributed by atoms with E-state index in [1.54, 1.807) is 20.8 Å². The maximum absolute atomic E-state index is 13.0. The van der Waals surface area contributed by atoms with Gasteiger partial charge in [-0.05, 0) is 48.5 Å². The molecule has 0 aromatic heterocycles. The van der Waals surface area contributed by atoms with Gasteiger partial charge < -0.3 is 28.5 Å². The second-order valence-electron chi connectivity index (χ2n) is 13.3. The molecule has 0 bridgehead atoms. The van der Waals surface area contributed by atoms with E-state index < -0.39 is 50.4 Å². The number of aliphatic hydroxyl groups excluding tert-OH is 1. The fourth-order valence-corrected chi connectivity index (χ4v) is 11.6. The first-order valence-corrected chi connectivity index (χ1v) is 17.4. The minimum atomic E-state index is -2.25. The molecule has 0 aliphatic carbocycles. The molecule has 42 heavy (non-hydrogen) atoms. The highest BCUT2D eigenvalue weighted by atomic mass is 28.4. The zero-order valence-corrected chi connectivity index (χ0v) is 27.9. The Labute approximate surface area is 254 Å². The molecule has 8 heteroatoms. The van der Waals surface area contributed by atoms with E-state index >= 15 is 0 Å². The molecule has 3 rings (SSSR count). The van der Waals surface area contributed by atoms with Crippen LogP contribution in [0.4, 0.5) is 0 Å². The van der Waals surface area contributed by atoms with Crippen molar-refractivity contribution in [3.63, 3.8) is 0 Å². The lowest BCUT2D eigenvalue weighted by Crippen LogP contribution is -2.63. The maximum Gasteiger partial charge on any atom is 0.311 e. The molecule has 0 spiro atoms. The van der Waals surface area contributed by atoms with E-state index in [9.17, 15) is 9.90 Å². The lowest BCUT2D eigenvalue weighted by Gasteiger charge is -2.47. The zero-order chi connectivity index (χ0) is 31.1. The van der Waals surface area contributed by atoms with Crippen LogP contribution >= 0.6 is 0 Å². The number of benzene rings is 2. The number of hydrogen-bond donors (Lipinski definition) is 1. The van der Waals surface area contributed by atoms with Gasteiger partial charge in [-0.15, -0.1) is 0 Å². The van der Waals surface area contributed by atoms with Gasteiger partial charge in [-0.25, -0.2) is 0 Å². The highest BCUT2D eigenvalue weighted by molar-refractivity contribution is 6.77. The summed E-state index contributed by atoms with van der Waals surface area (Å²) in [7, 11) is -2.25. The Morgan fingerprint density at radius 3 is 1.67 bits per heavy atom. The van der Waals surface area contributed by atoms with Crippen LogP contribution in [0.2, 0.25) is 16.6 Å². The van der Waals surface area contributed by atoms with Gasteiger partial charge in [0.25, 0.3) is 0 Å². The molecule has 1 heterocycles. The minimum Gasteiger partial charge on any atom is -0.454 e. The van der Waals surface area contributed by atoms with Crippen LogP contribution in [0.5, 0.6) is 0 Å². The number of carbonyl (C=O) groups excluding carboxylic acids is 1. The molecular weight excluding hydrogens is 548 g/mol. The second-order valence-corrected chi connectivity index (χ2v) is 18.8. The Kier molecular flexibility index (Phi) is 12.4. The Morgan fingerprint density at radius 2 is 1.24 bits per heavy atom. The van der Waals surface area contributed by atoms with Gasteiger partial charge >= 0.3 is 5.97 Å². The monoisotopic (exact) mass is 600 g/mol. The van der Waals surface area contributed by atoms with Gasteiger partial charge in [-0.2, -0.15) is 0 Å². The van der Waals surface area contributed by atoms with Gasteiger partial charge in [0.1, 0.15) is 18.3 Å². The van der Waals surface area contributed by atoms with Gasteiger partial charge in [0.05, 0.1) is 25.2 Å². The normalized spacial score (nSPS) is 23.5. The van der Waals surface area contributed by atoms with Crippen molar-refractivity contribution in [2.45, 2.75) is 123 Å². The number of carbonyl (C=O) groups is 1. The molecule has 1 saturated heterocycles. The van der Waals surface area contributed by atoms with E-state index in [1.807, 2.05) is 60.7 Å². The fraction of sp³-hybridized carbons (Fsp3) is 0.618. The maximum atomic E-state index is 13.0. The molecule has 1 aliphatic rings. The van der Waals surface area contributed by atoms with Crippen LogP contribution in [0.3, 0.4) is 0 Å². The van der Waals surface area contributed by atoms with Crippen LogP contribution in [-0.4, -0.2) is 56.7 Å². The van der Waals surface area contributed by atoms with Crippen molar-refractivity contribution in [3.05, 3.63) is 71.8 Å². The van der Waals surface area contributed by atoms with Gasteiger partial charge in [0.2, 0.25) is 0 Å². The van der Waals surface area contributed by atoms with E-state index in [2.05, 4.69) is 41.5 Å². The number of hydrogen-bond acceptors (Lipinski definition) is 7. The van der Waals surface area contributed by atoms with Gasteiger partial charge in [-0.1, -0.05) is 102 Å². The summed E-state index contributed by atoms with van der Waals surface area (Å²) in [6.07, 6.45) is -4.61. The van der Waals surface area contributed by atoms with Crippen LogP contribution in [-0.2, 0) is 41.4 Å². The number of rotatable bonds is 13. The number of aliphatic hydroxyl groups is 1. The summed E-state index contributed by atoms with van der Waals surface area (Å²) in [5, 5.41) is 11.3. The number of ether oxygens (including phenoxy) is 4. The largest absolute Gasteiger partial charge is 0.454 e. The van der Waals surface area contributed by atoms with Crippen molar-refractivity contribution in [1.29, 1.82) is 0 Å². The molecule has 1 aliphatic heterocycles. The zero-order valence-electron chi connectivity index (χ0n) is 26.9. The molecule has 0 amide bonds. The molecule has 2 aromatic rings. The topological polar surface area (TPSA) is 83.5 Å². The van der Waals surface area contributed by atoms with E-state index in [4.69, 9.17) is 23.4 Å². The predicted octanol–water partition coefficient (Wildman–Crippen LogP) is 7.02. The highest BCUT2D eigenvalue weighted by Crippen LogP contribution is 2.43. The van der Waals surface area contributed by atoms with Crippen molar-refractivity contribution in [1.82, 2.24) is 0 Å².